The van der Waals surface area contributed by atoms with Gasteiger partial charge in [-0.2, -0.15) is 0 Å². The zero-order chi connectivity index (χ0) is 20.7. The van der Waals surface area contributed by atoms with Crippen LogP contribution in [-0.2, 0) is 9.53 Å². The van der Waals surface area contributed by atoms with Crippen LogP contribution < -0.4 is 5.56 Å². The van der Waals surface area contributed by atoms with Crippen molar-refractivity contribution in [2.75, 3.05) is 6.54 Å². The van der Waals surface area contributed by atoms with Gasteiger partial charge in [0.15, 0.2) is 0 Å². The van der Waals surface area contributed by atoms with Crippen LogP contribution in [0.1, 0.15) is 62.9 Å². The number of fused-ring (bicyclic) bond motifs is 3. The molecule has 30 heavy (non-hydrogen) atoms. The monoisotopic (exact) mass is 432 g/mol. The molecule has 2 aliphatic rings. The zero-order valence-electron chi connectivity index (χ0n) is 17.7. The van der Waals surface area contributed by atoms with Gasteiger partial charge in [-0.05, 0) is 51.1 Å². The van der Waals surface area contributed by atoms with E-state index >= 15 is 0 Å². The molecule has 2 bridgehead atoms. The van der Waals surface area contributed by atoms with Crippen LogP contribution in [0.5, 0.6) is 0 Å². The number of Topliss-reactive ketones (excluding diaryl/α,β-unsaturated/α-hetero) is 1. The number of halogens is 1. The lowest BCUT2D eigenvalue weighted by atomic mass is 9.99. The summed E-state index contributed by atoms with van der Waals surface area (Å²) in [4.78, 5) is 39.8. The summed E-state index contributed by atoms with van der Waals surface area (Å²) in [6.45, 7) is 5.96. The number of aromatic nitrogens is 1. The minimum absolute atomic E-state index is 0. The predicted molar refractivity (Wildman–Crippen MR) is 118 cm³/mol. The van der Waals surface area contributed by atoms with Crippen molar-refractivity contribution in [3.05, 3.63) is 46.2 Å². The summed E-state index contributed by atoms with van der Waals surface area (Å²) in [7, 11) is 0. The van der Waals surface area contributed by atoms with Crippen molar-refractivity contribution >= 4 is 35.1 Å². The lowest BCUT2D eigenvalue weighted by molar-refractivity contribution is -0.120. The molecule has 1 aromatic carbocycles. The van der Waals surface area contributed by atoms with Crippen LogP contribution in [0, 0.1) is 0 Å². The molecular formula is C23H29ClN2O4. The van der Waals surface area contributed by atoms with Crippen LogP contribution >= 0.6 is 12.4 Å². The Balaban J connectivity index is 0.00000256. The fraction of sp³-hybridized carbons (Fsp3) is 0.522. The molecule has 4 rings (SSSR count). The Hall–Kier alpha value is -2.18. The minimum Gasteiger partial charge on any atom is -0.459 e. The molecule has 1 aromatic heterocycles. The highest BCUT2D eigenvalue weighted by Crippen LogP contribution is 2.37. The minimum atomic E-state index is -0.542. The van der Waals surface area contributed by atoms with Gasteiger partial charge >= 0.3 is 5.97 Å². The smallest absolute Gasteiger partial charge is 0.344 e. The number of benzene rings is 1. The number of hydrogen-bond donors (Lipinski definition) is 0. The Labute approximate surface area is 182 Å². The first-order chi connectivity index (χ1) is 13.8. The summed E-state index contributed by atoms with van der Waals surface area (Å²) in [5.74, 6) is -0.373. The average molecular weight is 433 g/mol. The molecule has 0 radical (unpaired) electrons. The second-order valence-electron chi connectivity index (χ2n) is 8.64. The van der Waals surface area contributed by atoms with Crippen molar-refractivity contribution < 1.29 is 14.3 Å². The molecule has 2 aromatic rings. The van der Waals surface area contributed by atoms with E-state index in [4.69, 9.17) is 4.74 Å². The number of carbonyl (C=O) groups excluding carboxylic acids is 2. The van der Waals surface area contributed by atoms with Crippen molar-refractivity contribution in [3.63, 3.8) is 0 Å². The highest BCUT2D eigenvalue weighted by molar-refractivity contribution is 5.94. The van der Waals surface area contributed by atoms with Gasteiger partial charge in [-0.3, -0.25) is 14.5 Å². The molecule has 2 saturated heterocycles. The van der Waals surface area contributed by atoms with Crippen LogP contribution in [0.15, 0.2) is 35.1 Å². The number of carbonyl (C=O) groups is 2. The second-order valence-corrected chi connectivity index (χ2v) is 8.64. The SMILES string of the molecule is CC(=O)CN1[C@@H]2CC[C@H]1CC(OC(=O)c1cc3ccccc3n(C(C)C)c1=O)C2.Cl. The molecule has 0 saturated carbocycles. The third kappa shape index (κ3) is 4.16. The molecule has 0 N–H and O–H groups in total. The number of hydrogen-bond acceptors (Lipinski definition) is 5. The highest BCUT2D eigenvalue weighted by atomic mass is 35.5. The quantitative estimate of drug-likeness (QED) is 0.673. The molecule has 162 valence electrons. The van der Waals surface area contributed by atoms with Crippen LogP contribution in [-0.4, -0.2) is 46.0 Å². The summed E-state index contributed by atoms with van der Waals surface area (Å²) < 4.78 is 7.47. The number of esters is 1. The summed E-state index contributed by atoms with van der Waals surface area (Å²) >= 11 is 0. The number of pyridine rings is 1. The molecule has 7 heteroatoms. The largest absolute Gasteiger partial charge is 0.459 e. The van der Waals surface area contributed by atoms with Gasteiger partial charge in [0, 0.05) is 31.0 Å². The zero-order valence-corrected chi connectivity index (χ0v) is 18.5. The summed E-state index contributed by atoms with van der Waals surface area (Å²) in [6.07, 6.45) is 3.30. The van der Waals surface area contributed by atoms with Crippen molar-refractivity contribution in [1.82, 2.24) is 9.47 Å². The predicted octanol–water partition coefficient (Wildman–Crippen LogP) is 3.75. The van der Waals surface area contributed by atoms with Crippen LogP contribution in [0.2, 0.25) is 0 Å². The van der Waals surface area contributed by atoms with Crippen molar-refractivity contribution in [3.8, 4) is 0 Å². The molecule has 1 unspecified atom stereocenters. The van der Waals surface area contributed by atoms with Crippen LogP contribution in [0.4, 0.5) is 0 Å². The molecule has 2 fully saturated rings. The van der Waals surface area contributed by atoms with Crippen molar-refractivity contribution in [2.24, 2.45) is 0 Å². The molecule has 0 spiro atoms. The molecule has 3 heterocycles. The van der Waals surface area contributed by atoms with Gasteiger partial charge in [-0.15, -0.1) is 12.4 Å². The van der Waals surface area contributed by atoms with E-state index in [0.717, 1.165) is 36.6 Å². The fourth-order valence-electron chi connectivity index (χ4n) is 4.99. The van der Waals surface area contributed by atoms with E-state index in [1.807, 2.05) is 38.1 Å². The van der Waals surface area contributed by atoms with Gasteiger partial charge in [0.05, 0.1) is 12.1 Å². The van der Waals surface area contributed by atoms with E-state index in [-0.39, 0.29) is 53.5 Å². The number of rotatable bonds is 5. The number of piperidine rings is 1. The van der Waals surface area contributed by atoms with E-state index in [1.165, 1.54) is 0 Å². The Bertz CT molecular complexity index is 1000. The molecule has 3 atom stereocenters. The number of para-hydroxylation sites is 1. The number of nitrogens with zero attached hydrogens (tertiary/aromatic N) is 2. The van der Waals surface area contributed by atoms with Gasteiger partial charge in [0.25, 0.3) is 5.56 Å². The van der Waals surface area contributed by atoms with E-state index in [0.29, 0.717) is 6.54 Å². The van der Waals surface area contributed by atoms with Gasteiger partial charge < -0.3 is 9.30 Å². The molecule has 0 amide bonds. The maximum absolute atomic E-state index is 13.0. The number of ether oxygens (including phenoxy) is 1. The Morgan fingerprint density at radius 3 is 2.37 bits per heavy atom. The topological polar surface area (TPSA) is 68.6 Å². The van der Waals surface area contributed by atoms with Gasteiger partial charge in [0.2, 0.25) is 0 Å². The Morgan fingerprint density at radius 1 is 1.13 bits per heavy atom. The standard InChI is InChI=1S/C23H28N2O4.ClH/c1-14(2)25-21-7-5-4-6-16(21)10-20(22(25)27)23(28)29-19-11-17-8-9-18(12-19)24(17)13-15(3)26;/h4-7,10,14,17-19H,8-9,11-13H2,1-3H3;1H/t17-,18+,19?;. The maximum atomic E-state index is 13.0. The molecule has 6 nitrogen and oxygen atoms in total. The molecule has 2 aliphatic heterocycles. The molecule has 0 aliphatic carbocycles. The van der Waals surface area contributed by atoms with Crippen LogP contribution in [0.3, 0.4) is 0 Å². The van der Waals surface area contributed by atoms with Crippen molar-refractivity contribution in [2.45, 2.75) is 70.7 Å². The third-order valence-corrected chi connectivity index (χ3v) is 6.20. The lowest BCUT2D eigenvalue weighted by Crippen LogP contribution is -2.47. The Morgan fingerprint density at radius 2 is 1.77 bits per heavy atom. The maximum Gasteiger partial charge on any atom is 0.344 e. The summed E-state index contributed by atoms with van der Waals surface area (Å²) in [6, 6.07) is 9.74. The average Bonchev–Trinajstić information content (AvgIpc) is 2.88. The Kier molecular flexibility index (Phi) is 6.68. The van der Waals surface area contributed by atoms with Gasteiger partial charge in [-0.25, -0.2) is 4.79 Å². The van der Waals surface area contributed by atoms with Gasteiger partial charge in [0.1, 0.15) is 17.5 Å². The second kappa shape index (κ2) is 8.90. The summed E-state index contributed by atoms with van der Waals surface area (Å²) in [5, 5.41) is 0.851. The van der Waals surface area contributed by atoms with Crippen molar-refractivity contribution in [1.29, 1.82) is 0 Å². The van der Waals surface area contributed by atoms with E-state index in [2.05, 4.69) is 4.90 Å². The van der Waals surface area contributed by atoms with E-state index in [9.17, 15) is 14.4 Å². The normalized spacial score (nSPS) is 23.4. The fourth-order valence-corrected chi connectivity index (χ4v) is 4.99. The van der Waals surface area contributed by atoms with Gasteiger partial charge in [-0.1, -0.05) is 18.2 Å². The first kappa shape index (κ1) is 22.5. The van der Waals surface area contributed by atoms with E-state index < -0.39 is 5.97 Å². The lowest BCUT2D eigenvalue weighted by Gasteiger charge is -2.37. The molecular weight excluding hydrogens is 404 g/mol. The van der Waals surface area contributed by atoms with E-state index in [1.54, 1.807) is 17.6 Å². The number of ketones is 1. The summed E-state index contributed by atoms with van der Waals surface area (Å²) in [5.41, 5.74) is 0.608. The third-order valence-electron chi connectivity index (χ3n) is 6.20. The first-order valence-corrected chi connectivity index (χ1v) is 10.5. The first-order valence-electron chi connectivity index (χ1n) is 10.5. The highest BCUT2D eigenvalue weighted by Gasteiger charge is 2.42. The van der Waals surface area contributed by atoms with Crippen LogP contribution in [0.25, 0.3) is 10.9 Å².